The van der Waals surface area contributed by atoms with Crippen molar-refractivity contribution in [2.24, 2.45) is 0 Å². The van der Waals surface area contributed by atoms with E-state index < -0.39 is 0 Å². The molecule has 0 radical (unpaired) electrons. The Hall–Kier alpha value is -1.94. The van der Waals surface area contributed by atoms with E-state index in [1.54, 1.807) is 18.9 Å². The Labute approximate surface area is 115 Å². The van der Waals surface area contributed by atoms with Crippen LogP contribution in [0.2, 0.25) is 0 Å². The minimum Gasteiger partial charge on any atom is -0.497 e. The third-order valence-electron chi connectivity index (χ3n) is 2.74. The number of ether oxygens (including phenoxy) is 1. The molecule has 96 valence electrons. The SMILES string of the molecule is COc1cccc(SCc2nc3ccccc3o2)c1. The predicted octanol–water partition coefficient (Wildman–Crippen LogP) is 4.13. The molecule has 0 unspecified atom stereocenters. The van der Waals surface area contributed by atoms with Crippen LogP contribution in [0.5, 0.6) is 5.75 Å². The summed E-state index contributed by atoms with van der Waals surface area (Å²) in [6.45, 7) is 0. The Morgan fingerprint density at radius 2 is 2.05 bits per heavy atom. The molecule has 1 aromatic heterocycles. The number of rotatable bonds is 4. The quantitative estimate of drug-likeness (QED) is 0.668. The van der Waals surface area contributed by atoms with Crippen LogP contribution in [0.4, 0.5) is 0 Å². The van der Waals surface area contributed by atoms with Crippen LogP contribution >= 0.6 is 11.8 Å². The van der Waals surface area contributed by atoms with Crippen molar-refractivity contribution in [1.29, 1.82) is 0 Å². The molecule has 0 saturated carbocycles. The average Bonchev–Trinajstić information content (AvgIpc) is 2.88. The zero-order valence-electron chi connectivity index (χ0n) is 10.5. The van der Waals surface area contributed by atoms with Crippen LogP contribution in [0.1, 0.15) is 5.89 Å². The smallest absolute Gasteiger partial charge is 0.205 e. The summed E-state index contributed by atoms with van der Waals surface area (Å²) in [6, 6.07) is 15.8. The van der Waals surface area contributed by atoms with E-state index in [-0.39, 0.29) is 0 Å². The van der Waals surface area contributed by atoms with E-state index in [0.717, 1.165) is 27.6 Å². The van der Waals surface area contributed by atoms with Crippen molar-refractivity contribution in [2.45, 2.75) is 10.6 Å². The summed E-state index contributed by atoms with van der Waals surface area (Å²) in [5, 5.41) is 0. The van der Waals surface area contributed by atoms with Crippen LogP contribution < -0.4 is 4.74 Å². The van der Waals surface area contributed by atoms with Crippen molar-refractivity contribution in [3.63, 3.8) is 0 Å². The Balaban J connectivity index is 1.74. The molecular formula is C15H13NO2S. The summed E-state index contributed by atoms with van der Waals surface area (Å²) >= 11 is 1.68. The van der Waals surface area contributed by atoms with Crippen molar-refractivity contribution in [1.82, 2.24) is 4.98 Å². The van der Waals surface area contributed by atoms with Gasteiger partial charge < -0.3 is 9.15 Å². The molecule has 0 aliphatic rings. The summed E-state index contributed by atoms with van der Waals surface area (Å²) in [6.07, 6.45) is 0. The van der Waals surface area contributed by atoms with Gasteiger partial charge >= 0.3 is 0 Å². The number of methoxy groups -OCH3 is 1. The Morgan fingerprint density at radius 3 is 2.89 bits per heavy atom. The Kier molecular flexibility index (Phi) is 3.42. The second kappa shape index (κ2) is 5.36. The number of oxazole rings is 1. The lowest BCUT2D eigenvalue weighted by Gasteiger charge is -2.02. The highest BCUT2D eigenvalue weighted by molar-refractivity contribution is 7.98. The maximum absolute atomic E-state index is 5.68. The van der Waals surface area contributed by atoms with Gasteiger partial charge in [0.25, 0.3) is 0 Å². The third kappa shape index (κ3) is 2.74. The van der Waals surface area contributed by atoms with Crippen LogP contribution in [-0.2, 0) is 5.75 Å². The monoisotopic (exact) mass is 271 g/mol. The van der Waals surface area contributed by atoms with Gasteiger partial charge in [-0.25, -0.2) is 4.98 Å². The van der Waals surface area contributed by atoms with Crippen LogP contribution in [0.25, 0.3) is 11.1 Å². The lowest BCUT2D eigenvalue weighted by Crippen LogP contribution is -1.83. The van der Waals surface area contributed by atoms with E-state index in [4.69, 9.17) is 9.15 Å². The molecule has 0 aliphatic carbocycles. The molecule has 0 fully saturated rings. The second-order valence-electron chi connectivity index (χ2n) is 4.04. The third-order valence-corrected chi connectivity index (χ3v) is 3.72. The molecule has 0 spiro atoms. The highest BCUT2D eigenvalue weighted by Gasteiger charge is 2.05. The molecule has 3 aromatic rings. The van der Waals surface area contributed by atoms with E-state index >= 15 is 0 Å². The standard InChI is InChI=1S/C15H13NO2S/c1-17-11-5-4-6-12(9-11)19-10-15-16-13-7-2-3-8-14(13)18-15/h2-9H,10H2,1H3. The van der Waals surface area contributed by atoms with Crippen molar-refractivity contribution >= 4 is 22.9 Å². The molecular weight excluding hydrogens is 258 g/mol. The van der Waals surface area contributed by atoms with Gasteiger partial charge in [0.15, 0.2) is 5.58 Å². The van der Waals surface area contributed by atoms with Gasteiger partial charge in [-0.1, -0.05) is 18.2 Å². The van der Waals surface area contributed by atoms with Crippen molar-refractivity contribution < 1.29 is 9.15 Å². The minimum atomic E-state index is 0.710. The fraction of sp³-hybridized carbons (Fsp3) is 0.133. The second-order valence-corrected chi connectivity index (χ2v) is 5.09. The Morgan fingerprint density at radius 1 is 1.16 bits per heavy atom. The van der Waals surface area contributed by atoms with E-state index in [9.17, 15) is 0 Å². The van der Waals surface area contributed by atoms with E-state index in [1.165, 1.54) is 0 Å². The fourth-order valence-corrected chi connectivity index (χ4v) is 2.61. The van der Waals surface area contributed by atoms with Crippen molar-refractivity contribution in [2.75, 3.05) is 7.11 Å². The first kappa shape index (κ1) is 12.1. The summed E-state index contributed by atoms with van der Waals surface area (Å²) in [5.41, 5.74) is 1.74. The summed E-state index contributed by atoms with van der Waals surface area (Å²) in [5.74, 6) is 2.32. The number of hydrogen-bond acceptors (Lipinski definition) is 4. The highest BCUT2D eigenvalue weighted by Crippen LogP contribution is 2.27. The molecule has 0 bridgehead atoms. The van der Waals surface area contributed by atoms with Crippen LogP contribution in [0.3, 0.4) is 0 Å². The Bertz CT molecular complexity index is 660. The van der Waals surface area contributed by atoms with Gasteiger partial charge in [0.2, 0.25) is 5.89 Å². The summed E-state index contributed by atoms with van der Waals surface area (Å²) < 4.78 is 10.9. The van der Waals surface area contributed by atoms with Gasteiger partial charge in [-0.3, -0.25) is 0 Å². The van der Waals surface area contributed by atoms with Crippen molar-refractivity contribution in [3.8, 4) is 5.75 Å². The van der Waals surface area contributed by atoms with Crippen LogP contribution in [0.15, 0.2) is 57.8 Å². The maximum atomic E-state index is 5.68. The zero-order valence-corrected chi connectivity index (χ0v) is 11.3. The lowest BCUT2D eigenvalue weighted by atomic mass is 10.3. The first-order chi connectivity index (χ1) is 9.35. The first-order valence-electron chi connectivity index (χ1n) is 5.96. The normalized spacial score (nSPS) is 10.8. The zero-order chi connectivity index (χ0) is 13.1. The van der Waals surface area contributed by atoms with Crippen LogP contribution in [0, 0.1) is 0 Å². The van der Waals surface area contributed by atoms with Crippen molar-refractivity contribution in [3.05, 3.63) is 54.4 Å². The van der Waals surface area contributed by atoms with Gasteiger partial charge in [0.05, 0.1) is 12.9 Å². The molecule has 19 heavy (non-hydrogen) atoms. The van der Waals surface area contributed by atoms with Gasteiger partial charge in [0.1, 0.15) is 11.3 Å². The molecule has 0 N–H and O–H groups in total. The summed E-state index contributed by atoms with van der Waals surface area (Å²) in [7, 11) is 1.67. The highest BCUT2D eigenvalue weighted by atomic mass is 32.2. The fourth-order valence-electron chi connectivity index (χ4n) is 1.82. The number of fused-ring (bicyclic) bond motifs is 1. The number of aromatic nitrogens is 1. The minimum absolute atomic E-state index is 0.710. The molecule has 2 aromatic carbocycles. The van der Waals surface area contributed by atoms with Crippen LogP contribution in [-0.4, -0.2) is 12.1 Å². The van der Waals surface area contributed by atoms with Gasteiger partial charge in [0, 0.05) is 4.90 Å². The average molecular weight is 271 g/mol. The number of thioether (sulfide) groups is 1. The number of hydrogen-bond donors (Lipinski definition) is 0. The van der Waals surface area contributed by atoms with Gasteiger partial charge in [-0.05, 0) is 30.3 Å². The molecule has 4 heteroatoms. The largest absolute Gasteiger partial charge is 0.497 e. The molecule has 0 atom stereocenters. The number of nitrogens with zero attached hydrogens (tertiary/aromatic N) is 1. The van der Waals surface area contributed by atoms with E-state index in [2.05, 4.69) is 11.1 Å². The first-order valence-corrected chi connectivity index (χ1v) is 6.95. The molecule has 3 nitrogen and oxygen atoms in total. The molecule has 1 heterocycles. The van der Waals surface area contributed by atoms with Gasteiger partial charge in [-0.2, -0.15) is 0 Å². The van der Waals surface area contributed by atoms with Gasteiger partial charge in [-0.15, -0.1) is 11.8 Å². The lowest BCUT2D eigenvalue weighted by molar-refractivity contribution is 0.413. The number of benzene rings is 2. The maximum Gasteiger partial charge on any atom is 0.205 e. The number of para-hydroxylation sites is 2. The van der Waals surface area contributed by atoms with E-state index in [1.807, 2.05) is 42.5 Å². The molecule has 0 amide bonds. The predicted molar refractivity (Wildman–Crippen MR) is 76.6 cm³/mol. The molecule has 3 rings (SSSR count). The molecule has 0 saturated heterocycles. The van der Waals surface area contributed by atoms with E-state index in [0.29, 0.717) is 5.75 Å². The topological polar surface area (TPSA) is 35.3 Å². The molecule has 0 aliphatic heterocycles. The summed E-state index contributed by atoms with van der Waals surface area (Å²) in [4.78, 5) is 5.59.